The lowest BCUT2D eigenvalue weighted by atomic mass is 10.1. The van der Waals surface area contributed by atoms with E-state index in [1.54, 1.807) is 11.3 Å². The second-order valence-corrected chi connectivity index (χ2v) is 6.19. The maximum absolute atomic E-state index is 13.5. The summed E-state index contributed by atoms with van der Waals surface area (Å²) in [6.45, 7) is 2.13. The molecule has 7 heteroatoms. The standard InChI is InChI=1S/C16H18F2N2O2S/c1-2-10-6-7-11(23-10)8-19-16(22)20-9-14(21)15-12(17)4-3-5-13(15)18/h3-7,14,21H,2,8-9H2,1H3,(H2,19,20,22). The van der Waals surface area contributed by atoms with Gasteiger partial charge in [-0.05, 0) is 30.7 Å². The Labute approximate surface area is 137 Å². The molecule has 1 aromatic carbocycles. The largest absolute Gasteiger partial charge is 0.386 e. The minimum absolute atomic E-state index is 0.283. The van der Waals surface area contributed by atoms with Crippen molar-refractivity contribution in [3.63, 3.8) is 0 Å². The smallest absolute Gasteiger partial charge is 0.315 e. The Morgan fingerprint density at radius 2 is 1.83 bits per heavy atom. The highest BCUT2D eigenvalue weighted by Crippen LogP contribution is 2.20. The van der Waals surface area contributed by atoms with Crippen LogP contribution in [0.1, 0.15) is 28.3 Å². The molecule has 2 aromatic rings. The monoisotopic (exact) mass is 340 g/mol. The number of hydrogen-bond donors (Lipinski definition) is 3. The third-order valence-corrected chi connectivity index (χ3v) is 4.51. The first-order chi connectivity index (χ1) is 11.0. The second kappa shape index (κ2) is 8.03. The maximum atomic E-state index is 13.5. The molecule has 0 bridgehead atoms. The van der Waals surface area contributed by atoms with Gasteiger partial charge in [-0.1, -0.05) is 13.0 Å². The van der Waals surface area contributed by atoms with Gasteiger partial charge in [0.2, 0.25) is 0 Å². The SMILES string of the molecule is CCc1ccc(CNC(=O)NCC(O)c2c(F)cccc2F)s1. The fourth-order valence-electron chi connectivity index (χ4n) is 2.06. The zero-order valence-corrected chi connectivity index (χ0v) is 13.4. The third kappa shape index (κ3) is 4.74. The van der Waals surface area contributed by atoms with Gasteiger partial charge in [0.05, 0.1) is 12.1 Å². The van der Waals surface area contributed by atoms with E-state index in [0.717, 1.165) is 23.4 Å². The molecule has 23 heavy (non-hydrogen) atoms. The third-order valence-electron chi connectivity index (χ3n) is 3.28. The predicted octanol–water partition coefficient (Wildman–Crippen LogP) is 3.12. The molecule has 124 valence electrons. The van der Waals surface area contributed by atoms with Crippen molar-refractivity contribution in [1.29, 1.82) is 0 Å². The van der Waals surface area contributed by atoms with Crippen LogP contribution in [0.5, 0.6) is 0 Å². The highest BCUT2D eigenvalue weighted by molar-refractivity contribution is 7.11. The minimum atomic E-state index is -1.45. The van der Waals surface area contributed by atoms with Gasteiger partial charge in [-0.15, -0.1) is 11.3 Å². The van der Waals surface area contributed by atoms with Crippen LogP contribution in [0.25, 0.3) is 0 Å². The van der Waals surface area contributed by atoms with Crippen LogP contribution in [0.3, 0.4) is 0 Å². The number of rotatable bonds is 6. The number of hydrogen-bond acceptors (Lipinski definition) is 3. The lowest BCUT2D eigenvalue weighted by molar-refractivity contribution is 0.164. The number of carbonyl (C=O) groups is 1. The van der Waals surface area contributed by atoms with Gasteiger partial charge in [-0.25, -0.2) is 13.6 Å². The Bertz CT molecular complexity index is 656. The first-order valence-electron chi connectivity index (χ1n) is 7.22. The molecule has 0 saturated carbocycles. The summed E-state index contributed by atoms with van der Waals surface area (Å²) in [6.07, 6.45) is -0.507. The van der Waals surface area contributed by atoms with Gasteiger partial charge in [0, 0.05) is 16.3 Å². The molecule has 0 fully saturated rings. The fraction of sp³-hybridized carbons (Fsp3) is 0.312. The number of thiophene rings is 1. The first-order valence-corrected chi connectivity index (χ1v) is 8.04. The summed E-state index contributed by atoms with van der Waals surface area (Å²) in [6, 6.07) is 6.77. The van der Waals surface area contributed by atoms with Crippen LogP contribution in [0.4, 0.5) is 13.6 Å². The molecular formula is C16H18F2N2O2S. The van der Waals surface area contributed by atoms with Crippen LogP contribution in [-0.2, 0) is 13.0 Å². The van der Waals surface area contributed by atoms with E-state index in [2.05, 4.69) is 17.6 Å². The van der Waals surface area contributed by atoms with Crippen LogP contribution in [0.2, 0.25) is 0 Å². The molecule has 1 aromatic heterocycles. The molecule has 1 unspecified atom stereocenters. The number of benzene rings is 1. The average Bonchev–Trinajstić information content (AvgIpc) is 2.99. The molecule has 0 saturated heterocycles. The predicted molar refractivity (Wildman–Crippen MR) is 85.3 cm³/mol. The molecule has 4 nitrogen and oxygen atoms in total. The number of carbonyl (C=O) groups excluding carboxylic acids is 1. The Morgan fingerprint density at radius 3 is 2.43 bits per heavy atom. The van der Waals surface area contributed by atoms with Gasteiger partial charge in [0.1, 0.15) is 17.7 Å². The fourth-order valence-corrected chi connectivity index (χ4v) is 2.96. The highest BCUT2D eigenvalue weighted by Gasteiger charge is 2.18. The number of nitrogens with one attached hydrogen (secondary N) is 2. The Hall–Kier alpha value is -1.99. The van der Waals surface area contributed by atoms with Crippen molar-refractivity contribution in [3.05, 3.63) is 57.3 Å². The van der Waals surface area contributed by atoms with E-state index in [-0.39, 0.29) is 6.54 Å². The summed E-state index contributed by atoms with van der Waals surface area (Å²) in [7, 11) is 0. The second-order valence-electron chi connectivity index (χ2n) is 4.94. The molecular weight excluding hydrogens is 322 g/mol. The summed E-state index contributed by atoms with van der Waals surface area (Å²) >= 11 is 1.61. The summed E-state index contributed by atoms with van der Waals surface area (Å²) in [4.78, 5) is 13.9. The zero-order valence-electron chi connectivity index (χ0n) is 12.6. The van der Waals surface area contributed by atoms with Gasteiger partial charge >= 0.3 is 6.03 Å². The molecule has 1 atom stereocenters. The van der Waals surface area contributed by atoms with E-state index < -0.39 is 29.3 Å². The summed E-state index contributed by atoms with van der Waals surface area (Å²) in [5.74, 6) is -1.68. The molecule has 0 aliphatic carbocycles. The van der Waals surface area contributed by atoms with Crippen molar-refractivity contribution in [2.24, 2.45) is 0 Å². The lowest BCUT2D eigenvalue weighted by Crippen LogP contribution is -2.37. The maximum Gasteiger partial charge on any atom is 0.315 e. The van der Waals surface area contributed by atoms with E-state index in [0.29, 0.717) is 6.54 Å². The number of aryl methyl sites for hydroxylation is 1. The minimum Gasteiger partial charge on any atom is -0.386 e. The molecule has 3 N–H and O–H groups in total. The van der Waals surface area contributed by atoms with Crippen molar-refractivity contribution >= 4 is 17.4 Å². The summed E-state index contributed by atoms with van der Waals surface area (Å²) in [5, 5.41) is 14.9. The van der Waals surface area contributed by atoms with Crippen LogP contribution < -0.4 is 10.6 Å². The van der Waals surface area contributed by atoms with E-state index in [9.17, 15) is 18.7 Å². The molecule has 2 rings (SSSR count). The zero-order chi connectivity index (χ0) is 16.8. The quantitative estimate of drug-likeness (QED) is 0.757. The van der Waals surface area contributed by atoms with Gasteiger partial charge in [-0.2, -0.15) is 0 Å². The summed E-state index contributed by atoms with van der Waals surface area (Å²) < 4.78 is 27.0. The van der Waals surface area contributed by atoms with E-state index in [4.69, 9.17) is 0 Å². The van der Waals surface area contributed by atoms with Crippen molar-refractivity contribution in [3.8, 4) is 0 Å². The van der Waals surface area contributed by atoms with Gasteiger partial charge in [-0.3, -0.25) is 0 Å². The van der Waals surface area contributed by atoms with Crippen molar-refractivity contribution in [1.82, 2.24) is 10.6 Å². The molecule has 0 aliphatic heterocycles. The van der Waals surface area contributed by atoms with E-state index >= 15 is 0 Å². The Kier molecular flexibility index (Phi) is 6.06. The molecule has 0 radical (unpaired) electrons. The van der Waals surface area contributed by atoms with Crippen molar-refractivity contribution in [2.75, 3.05) is 6.54 Å². The van der Waals surface area contributed by atoms with Crippen LogP contribution in [0.15, 0.2) is 30.3 Å². The van der Waals surface area contributed by atoms with E-state index in [1.807, 2.05) is 12.1 Å². The number of urea groups is 1. The lowest BCUT2D eigenvalue weighted by Gasteiger charge is -2.14. The molecule has 2 amide bonds. The van der Waals surface area contributed by atoms with Gasteiger partial charge in [0.25, 0.3) is 0 Å². The van der Waals surface area contributed by atoms with Crippen molar-refractivity contribution < 1.29 is 18.7 Å². The van der Waals surface area contributed by atoms with Crippen LogP contribution in [-0.4, -0.2) is 17.7 Å². The Balaban J connectivity index is 1.82. The topological polar surface area (TPSA) is 61.4 Å². The number of halogens is 2. The van der Waals surface area contributed by atoms with Crippen LogP contribution >= 0.6 is 11.3 Å². The highest BCUT2D eigenvalue weighted by atomic mass is 32.1. The molecule has 1 heterocycles. The van der Waals surface area contributed by atoms with Gasteiger partial charge < -0.3 is 15.7 Å². The first kappa shape index (κ1) is 17.4. The van der Waals surface area contributed by atoms with Gasteiger partial charge in [0.15, 0.2) is 0 Å². The number of amides is 2. The normalized spacial score (nSPS) is 12.0. The van der Waals surface area contributed by atoms with Crippen molar-refractivity contribution in [2.45, 2.75) is 26.0 Å². The molecule has 0 spiro atoms. The number of aliphatic hydroxyl groups excluding tert-OH is 1. The molecule has 0 aliphatic rings. The number of aliphatic hydroxyl groups is 1. The Morgan fingerprint density at radius 1 is 1.17 bits per heavy atom. The summed E-state index contributed by atoms with van der Waals surface area (Å²) in [5.41, 5.74) is -0.446. The van der Waals surface area contributed by atoms with Crippen LogP contribution in [0, 0.1) is 11.6 Å². The van der Waals surface area contributed by atoms with E-state index in [1.165, 1.54) is 10.9 Å². The average molecular weight is 340 g/mol.